The summed E-state index contributed by atoms with van der Waals surface area (Å²) in [5.74, 6) is 0.357. The number of fused-ring (bicyclic) bond motifs is 1. The molecule has 3 rings (SSSR count). The largest absolute Gasteiger partial charge is 0.433 e. The summed E-state index contributed by atoms with van der Waals surface area (Å²) in [4.78, 5) is 2.02. The van der Waals surface area contributed by atoms with Gasteiger partial charge in [0.2, 0.25) is 0 Å². The fourth-order valence-corrected chi connectivity index (χ4v) is 3.53. The number of hydrogen-bond donors (Lipinski definition) is 1. The average Bonchev–Trinajstić information content (AvgIpc) is 2.88. The highest BCUT2D eigenvalue weighted by molar-refractivity contribution is 5.56. The van der Waals surface area contributed by atoms with Crippen LogP contribution in [0, 0.1) is 5.92 Å². The fraction of sp³-hybridized carbons (Fsp3) is 0.471. The zero-order chi connectivity index (χ0) is 17.3. The Balaban J connectivity index is 1.92. The quantitative estimate of drug-likeness (QED) is 0.932. The first-order valence-electron chi connectivity index (χ1n) is 8.01. The van der Waals surface area contributed by atoms with Gasteiger partial charge < -0.3 is 10.6 Å². The molecule has 4 nitrogen and oxygen atoms in total. The first kappa shape index (κ1) is 16.8. The van der Waals surface area contributed by atoms with Crippen LogP contribution in [0.4, 0.5) is 18.9 Å². The summed E-state index contributed by atoms with van der Waals surface area (Å²) in [6, 6.07) is 7.90. The first-order valence-corrected chi connectivity index (χ1v) is 8.01. The minimum Gasteiger partial charge on any atom is -0.367 e. The molecule has 0 amide bonds. The number of aryl methyl sites for hydroxylation is 1. The maximum absolute atomic E-state index is 13.3. The lowest BCUT2D eigenvalue weighted by Crippen LogP contribution is -2.36. The standard InChI is InChI=1S/C17H21F3N4/c1-23-16(17(18,19)20)14(9-22-23)11-24-10-12(6-7-21)8-13-4-2-3-5-15(13)24/h2-5,9,12H,6-8,10-11,21H2,1H3. The SMILES string of the molecule is Cn1ncc(CN2CC(CCN)Cc3ccccc32)c1C(F)(F)F. The van der Waals surface area contributed by atoms with Gasteiger partial charge in [-0.25, -0.2) is 0 Å². The predicted octanol–water partition coefficient (Wildman–Crippen LogP) is 2.97. The van der Waals surface area contributed by atoms with Crippen LogP contribution in [0.2, 0.25) is 0 Å². The average molecular weight is 338 g/mol. The number of anilines is 1. The Morgan fingerprint density at radius 2 is 2.04 bits per heavy atom. The lowest BCUT2D eigenvalue weighted by molar-refractivity contribution is -0.144. The number of hydrogen-bond acceptors (Lipinski definition) is 3. The number of benzene rings is 1. The highest BCUT2D eigenvalue weighted by Crippen LogP contribution is 2.35. The van der Waals surface area contributed by atoms with Gasteiger partial charge in [0.05, 0.1) is 6.20 Å². The van der Waals surface area contributed by atoms with Gasteiger partial charge in [0.1, 0.15) is 5.69 Å². The van der Waals surface area contributed by atoms with E-state index in [4.69, 9.17) is 5.73 Å². The molecule has 0 aliphatic carbocycles. The molecule has 0 saturated carbocycles. The molecule has 2 aromatic rings. The van der Waals surface area contributed by atoms with E-state index in [0.717, 1.165) is 23.2 Å². The van der Waals surface area contributed by atoms with Crippen LogP contribution in [0.5, 0.6) is 0 Å². The van der Waals surface area contributed by atoms with Crippen molar-refractivity contribution in [3.05, 3.63) is 47.3 Å². The van der Waals surface area contributed by atoms with Gasteiger partial charge in [0.15, 0.2) is 0 Å². The van der Waals surface area contributed by atoms with Crippen molar-refractivity contribution in [2.75, 3.05) is 18.0 Å². The van der Waals surface area contributed by atoms with Crippen molar-refractivity contribution in [3.8, 4) is 0 Å². The molecule has 1 aromatic carbocycles. The van der Waals surface area contributed by atoms with E-state index < -0.39 is 11.9 Å². The van der Waals surface area contributed by atoms with E-state index in [0.29, 0.717) is 19.0 Å². The minimum atomic E-state index is -4.41. The van der Waals surface area contributed by atoms with E-state index >= 15 is 0 Å². The lowest BCUT2D eigenvalue weighted by atomic mass is 9.90. The summed E-state index contributed by atoms with van der Waals surface area (Å²) in [5, 5.41) is 3.81. The van der Waals surface area contributed by atoms with E-state index in [1.807, 2.05) is 29.2 Å². The summed E-state index contributed by atoms with van der Waals surface area (Å²) in [6.07, 6.45) is -1.31. The first-order chi connectivity index (χ1) is 11.4. The van der Waals surface area contributed by atoms with Gasteiger partial charge in [0, 0.05) is 31.4 Å². The number of aromatic nitrogens is 2. The molecular formula is C17H21F3N4. The molecular weight excluding hydrogens is 317 g/mol. The molecule has 0 fully saturated rings. The molecule has 1 atom stereocenters. The molecule has 0 saturated heterocycles. The number of alkyl halides is 3. The maximum Gasteiger partial charge on any atom is 0.433 e. The molecule has 1 aliphatic heterocycles. The van der Waals surface area contributed by atoms with Crippen LogP contribution in [-0.4, -0.2) is 22.9 Å². The fourth-order valence-electron chi connectivity index (χ4n) is 3.53. The Morgan fingerprint density at radius 1 is 1.29 bits per heavy atom. The predicted molar refractivity (Wildman–Crippen MR) is 86.6 cm³/mol. The lowest BCUT2D eigenvalue weighted by Gasteiger charge is -2.36. The van der Waals surface area contributed by atoms with Crippen molar-refractivity contribution >= 4 is 5.69 Å². The molecule has 1 aromatic heterocycles. The number of para-hydroxylation sites is 1. The second-order valence-corrected chi connectivity index (χ2v) is 6.30. The van der Waals surface area contributed by atoms with Crippen LogP contribution in [-0.2, 0) is 26.2 Å². The molecule has 2 heterocycles. The zero-order valence-electron chi connectivity index (χ0n) is 13.6. The Kier molecular flexibility index (Phi) is 4.54. The number of nitrogens with two attached hydrogens (primary N) is 1. The van der Waals surface area contributed by atoms with Crippen molar-refractivity contribution in [3.63, 3.8) is 0 Å². The number of halogens is 3. The van der Waals surface area contributed by atoms with Gasteiger partial charge in [-0.2, -0.15) is 18.3 Å². The van der Waals surface area contributed by atoms with Gasteiger partial charge in [-0.05, 0) is 36.9 Å². The van der Waals surface area contributed by atoms with E-state index in [-0.39, 0.29) is 12.1 Å². The highest BCUT2D eigenvalue weighted by Gasteiger charge is 2.38. The summed E-state index contributed by atoms with van der Waals surface area (Å²) >= 11 is 0. The monoisotopic (exact) mass is 338 g/mol. The molecule has 0 radical (unpaired) electrons. The second kappa shape index (κ2) is 6.47. The van der Waals surface area contributed by atoms with Gasteiger partial charge in [-0.1, -0.05) is 18.2 Å². The molecule has 0 bridgehead atoms. The van der Waals surface area contributed by atoms with E-state index in [1.165, 1.54) is 18.8 Å². The third kappa shape index (κ3) is 3.26. The van der Waals surface area contributed by atoms with Crippen molar-refractivity contribution in [1.82, 2.24) is 9.78 Å². The topological polar surface area (TPSA) is 47.1 Å². The minimum absolute atomic E-state index is 0.195. The maximum atomic E-state index is 13.3. The van der Waals surface area contributed by atoms with Crippen LogP contribution < -0.4 is 10.6 Å². The Morgan fingerprint density at radius 3 is 2.75 bits per heavy atom. The van der Waals surface area contributed by atoms with E-state index in [2.05, 4.69) is 5.10 Å². The molecule has 2 N–H and O–H groups in total. The Bertz CT molecular complexity index is 708. The highest BCUT2D eigenvalue weighted by atomic mass is 19.4. The summed E-state index contributed by atoms with van der Waals surface area (Å²) in [6.45, 7) is 1.49. The van der Waals surface area contributed by atoms with Crippen LogP contribution >= 0.6 is 0 Å². The number of nitrogens with zero attached hydrogens (tertiary/aromatic N) is 3. The smallest absolute Gasteiger partial charge is 0.367 e. The molecule has 24 heavy (non-hydrogen) atoms. The molecule has 0 spiro atoms. The Hall–Kier alpha value is -2.02. The van der Waals surface area contributed by atoms with Crippen molar-refractivity contribution in [2.45, 2.75) is 25.6 Å². The third-order valence-corrected chi connectivity index (χ3v) is 4.54. The van der Waals surface area contributed by atoms with Crippen LogP contribution in [0.1, 0.15) is 23.2 Å². The van der Waals surface area contributed by atoms with Crippen molar-refractivity contribution in [2.24, 2.45) is 18.7 Å². The summed E-state index contributed by atoms with van der Waals surface area (Å²) in [7, 11) is 1.33. The third-order valence-electron chi connectivity index (χ3n) is 4.54. The van der Waals surface area contributed by atoms with Crippen LogP contribution in [0.25, 0.3) is 0 Å². The van der Waals surface area contributed by atoms with E-state index in [1.54, 1.807) is 0 Å². The Labute approximate surface area is 139 Å². The van der Waals surface area contributed by atoms with Crippen LogP contribution in [0.15, 0.2) is 30.5 Å². The molecule has 1 aliphatic rings. The second-order valence-electron chi connectivity index (χ2n) is 6.30. The normalized spacial score (nSPS) is 17.9. The molecule has 130 valence electrons. The number of rotatable bonds is 4. The summed E-state index contributed by atoms with van der Waals surface area (Å²) in [5.41, 5.74) is 7.37. The van der Waals surface area contributed by atoms with Crippen molar-refractivity contribution in [1.29, 1.82) is 0 Å². The summed E-state index contributed by atoms with van der Waals surface area (Å²) < 4.78 is 40.8. The zero-order valence-corrected chi connectivity index (χ0v) is 13.6. The van der Waals surface area contributed by atoms with E-state index in [9.17, 15) is 13.2 Å². The van der Waals surface area contributed by atoms with Gasteiger partial charge in [-0.3, -0.25) is 4.68 Å². The van der Waals surface area contributed by atoms with Crippen LogP contribution in [0.3, 0.4) is 0 Å². The van der Waals surface area contributed by atoms with Gasteiger partial charge >= 0.3 is 6.18 Å². The molecule has 7 heteroatoms. The molecule has 1 unspecified atom stereocenters. The van der Waals surface area contributed by atoms with Crippen molar-refractivity contribution < 1.29 is 13.2 Å². The van der Waals surface area contributed by atoms with Gasteiger partial charge in [-0.15, -0.1) is 0 Å². The van der Waals surface area contributed by atoms with Gasteiger partial charge in [0.25, 0.3) is 0 Å².